The Kier molecular flexibility index (Phi) is 2.78. The van der Waals surface area contributed by atoms with Gasteiger partial charge in [0.2, 0.25) is 6.41 Å². The van der Waals surface area contributed by atoms with E-state index in [0.29, 0.717) is 18.6 Å². The number of rotatable bonds is 2. The smallest absolute Gasteiger partial charge is 0.209 e. The molecule has 2 saturated heterocycles. The number of amides is 1. The van der Waals surface area contributed by atoms with Crippen molar-refractivity contribution < 1.29 is 9.59 Å². The molecule has 0 saturated carbocycles. The molecule has 2 rings (SSSR count). The van der Waals surface area contributed by atoms with E-state index in [4.69, 9.17) is 0 Å². The summed E-state index contributed by atoms with van der Waals surface area (Å²) in [6.45, 7) is 5.59. The average molecular weight is 210 g/mol. The average Bonchev–Trinajstić information content (AvgIpc) is 2.62. The second kappa shape index (κ2) is 3.93. The molecular weight excluding hydrogens is 192 g/mol. The molecule has 2 aliphatic rings. The minimum Gasteiger partial charge on any atom is -0.343 e. The summed E-state index contributed by atoms with van der Waals surface area (Å²) in [6, 6.07) is 0. The Balaban J connectivity index is 1.98. The molecule has 2 heterocycles. The van der Waals surface area contributed by atoms with E-state index in [9.17, 15) is 9.59 Å². The van der Waals surface area contributed by atoms with Crippen LogP contribution in [-0.2, 0) is 9.59 Å². The quantitative estimate of drug-likeness (QED) is 0.614. The summed E-state index contributed by atoms with van der Waals surface area (Å²) in [6.07, 6.45) is 3.31. The maximum atomic E-state index is 11.2. The standard InChI is InChI=1S/C11H18N2O2/c1-11(4-7-12(8-11)9-14)13-5-2-10(15)3-6-13/h9H,2-8H2,1H3. The van der Waals surface area contributed by atoms with Crippen molar-refractivity contribution in [2.75, 3.05) is 26.2 Å². The van der Waals surface area contributed by atoms with Crippen LogP contribution in [-0.4, -0.2) is 53.7 Å². The minimum absolute atomic E-state index is 0.0988. The van der Waals surface area contributed by atoms with E-state index in [1.807, 2.05) is 4.90 Å². The summed E-state index contributed by atoms with van der Waals surface area (Å²) in [5.74, 6) is 0.375. The van der Waals surface area contributed by atoms with Crippen molar-refractivity contribution in [2.24, 2.45) is 0 Å². The van der Waals surface area contributed by atoms with E-state index in [0.717, 1.165) is 39.0 Å². The van der Waals surface area contributed by atoms with Gasteiger partial charge < -0.3 is 4.90 Å². The number of Topliss-reactive ketones (excluding diaryl/α,β-unsaturated/α-hetero) is 1. The van der Waals surface area contributed by atoms with E-state index >= 15 is 0 Å². The third-order valence-corrected chi connectivity index (χ3v) is 3.71. The molecule has 1 amide bonds. The van der Waals surface area contributed by atoms with Crippen LogP contribution in [0.3, 0.4) is 0 Å². The zero-order valence-corrected chi connectivity index (χ0v) is 9.24. The number of likely N-dealkylation sites (tertiary alicyclic amines) is 2. The highest BCUT2D eigenvalue weighted by Crippen LogP contribution is 2.28. The fraction of sp³-hybridized carbons (Fsp3) is 0.818. The van der Waals surface area contributed by atoms with Gasteiger partial charge in [-0.05, 0) is 13.3 Å². The van der Waals surface area contributed by atoms with Gasteiger partial charge in [0.1, 0.15) is 5.78 Å². The van der Waals surface area contributed by atoms with Crippen molar-refractivity contribution in [1.82, 2.24) is 9.80 Å². The minimum atomic E-state index is 0.0988. The topological polar surface area (TPSA) is 40.6 Å². The number of nitrogens with zero attached hydrogens (tertiary/aromatic N) is 2. The second-order valence-corrected chi connectivity index (χ2v) is 4.85. The predicted molar refractivity (Wildman–Crippen MR) is 56.5 cm³/mol. The molecule has 0 N–H and O–H groups in total. The summed E-state index contributed by atoms with van der Waals surface area (Å²) in [5.41, 5.74) is 0.0988. The number of ketones is 1. The van der Waals surface area contributed by atoms with Crippen molar-refractivity contribution >= 4 is 12.2 Å². The first-order chi connectivity index (χ1) is 7.14. The summed E-state index contributed by atoms with van der Waals surface area (Å²) in [5, 5.41) is 0. The summed E-state index contributed by atoms with van der Waals surface area (Å²) in [7, 11) is 0. The normalized spacial score (nSPS) is 33.4. The number of carbonyl (C=O) groups excluding carboxylic acids is 2. The summed E-state index contributed by atoms with van der Waals surface area (Å²) in [4.78, 5) is 26.0. The van der Waals surface area contributed by atoms with Crippen molar-refractivity contribution in [3.8, 4) is 0 Å². The fourth-order valence-corrected chi connectivity index (χ4v) is 2.62. The highest BCUT2D eigenvalue weighted by molar-refractivity contribution is 5.79. The van der Waals surface area contributed by atoms with Gasteiger partial charge in [-0.2, -0.15) is 0 Å². The van der Waals surface area contributed by atoms with Gasteiger partial charge in [0.05, 0.1) is 0 Å². The fourth-order valence-electron chi connectivity index (χ4n) is 2.62. The molecule has 0 bridgehead atoms. The van der Waals surface area contributed by atoms with Gasteiger partial charge in [0.15, 0.2) is 0 Å². The molecule has 0 radical (unpaired) electrons. The molecule has 4 heteroatoms. The largest absolute Gasteiger partial charge is 0.343 e. The second-order valence-electron chi connectivity index (χ2n) is 4.85. The van der Waals surface area contributed by atoms with E-state index in [1.165, 1.54) is 0 Å². The molecule has 0 aromatic heterocycles. The first kappa shape index (κ1) is 10.6. The highest BCUT2D eigenvalue weighted by Gasteiger charge is 2.39. The molecule has 1 atom stereocenters. The molecule has 0 spiro atoms. The zero-order valence-electron chi connectivity index (χ0n) is 9.24. The molecule has 15 heavy (non-hydrogen) atoms. The van der Waals surface area contributed by atoms with E-state index in [2.05, 4.69) is 11.8 Å². The summed E-state index contributed by atoms with van der Waals surface area (Å²) >= 11 is 0. The van der Waals surface area contributed by atoms with Gasteiger partial charge in [-0.15, -0.1) is 0 Å². The Morgan fingerprint density at radius 3 is 2.47 bits per heavy atom. The Labute approximate surface area is 90.2 Å². The number of hydrogen-bond donors (Lipinski definition) is 0. The van der Waals surface area contributed by atoms with E-state index in [-0.39, 0.29) is 5.54 Å². The lowest BCUT2D eigenvalue weighted by molar-refractivity contribution is -0.123. The van der Waals surface area contributed by atoms with Crippen LogP contribution in [0, 0.1) is 0 Å². The van der Waals surface area contributed by atoms with Crippen molar-refractivity contribution in [2.45, 2.75) is 31.7 Å². The monoisotopic (exact) mass is 210 g/mol. The van der Waals surface area contributed by atoms with Crippen LogP contribution in [0.25, 0.3) is 0 Å². The van der Waals surface area contributed by atoms with Gasteiger partial charge in [-0.1, -0.05) is 0 Å². The van der Waals surface area contributed by atoms with Crippen molar-refractivity contribution in [3.63, 3.8) is 0 Å². The van der Waals surface area contributed by atoms with Gasteiger partial charge in [-0.25, -0.2) is 0 Å². The first-order valence-electron chi connectivity index (χ1n) is 5.60. The van der Waals surface area contributed by atoms with Crippen LogP contribution >= 0.6 is 0 Å². The molecule has 2 aliphatic heterocycles. The van der Waals surface area contributed by atoms with Crippen LogP contribution in [0.15, 0.2) is 0 Å². The Hall–Kier alpha value is -0.900. The van der Waals surface area contributed by atoms with Gasteiger partial charge >= 0.3 is 0 Å². The number of piperidine rings is 1. The molecular formula is C11H18N2O2. The Bertz CT molecular complexity index is 270. The third-order valence-electron chi connectivity index (χ3n) is 3.71. The lowest BCUT2D eigenvalue weighted by atomic mass is 9.95. The molecule has 2 fully saturated rings. The van der Waals surface area contributed by atoms with Gasteiger partial charge in [-0.3, -0.25) is 14.5 Å². The lowest BCUT2D eigenvalue weighted by Crippen LogP contribution is -2.51. The molecule has 84 valence electrons. The van der Waals surface area contributed by atoms with Crippen LogP contribution in [0.1, 0.15) is 26.2 Å². The zero-order chi connectivity index (χ0) is 10.9. The number of carbonyl (C=O) groups is 2. The van der Waals surface area contributed by atoms with Gasteiger partial charge in [0.25, 0.3) is 0 Å². The maximum absolute atomic E-state index is 11.2. The van der Waals surface area contributed by atoms with Gasteiger partial charge in [0, 0.05) is 44.6 Å². The molecule has 4 nitrogen and oxygen atoms in total. The van der Waals surface area contributed by atoms with Crippen LogP contribution < -0.4 is 0 Å². The predicted octanol–water partition coefficient (Wildman–Crippen LogP) is 0.272. The van der Waals surface area contributed by atoms with Crippen LogP contribution in [0.2, 0.25) is 0 Å². The van der Waals surface area contributed by atoms with Crippen LogP contribution in [0.4, 0.5) is 0 Å². The van der Waals surface area contributed by atoms with Crippen LogP contribution in [0.5, 0.6) is 0 Å². The van der Waals surface area contributed by atoms with Crippen molar-refractivity contribution in [3.05, 3.63) is 0 Å². The first-order valence-corrected chi connectivity index (χ1v) is 5.60. The molecule has 0 aromatic carbocycles. The third kappa shape index (κ3) is 2.04. The number of hydrogen-bond acceptors (Lipinski definition) is 3. The highest BCUT2D eigenvalue weighted by atomic mass is 16.1. The van der Waals surface area contributed by atoms with E-state index in [1.54, 1.807) is 0 Å². The molecule has 0 aromatic rings. The molecule has 1 unspecified atom stereocenters. The Morgan fingerprint density at radius 1 is 1.27 bits per heavy atom. The summed E-state index contributed by atoms with van der Waals surface area (Å²) < 4.78 is 0. The maximum Gasteiger partial charge on any atom is 0.209 e. The van der Waals surface area contributed by atoms with E-state index < -0.39 is 0 Å². The Morgan fingerprint density at radius 2 is 1.93 bits per heavy atom. The lowest BCUT2D eigenvalue weighted by Gasteiger charge is -2.40. The van der Waals surface area contributed by atoms with Crippen molar-refractivity contribution in [1.29, 1.82) is 0 Å². The SMILES string of the molecule is CC1(N2CCC(=O)CC2)CCN(C=O)C1. The molecule has 0 aliphatic carbocycles.